The monoisotopic (exact) mass is 375 g/mol. The van der Waals surface area contributed by atoms with Crippen LogP contribution in [0.3, 0.4) is 0 Å². The Labute approximate surface area is 162 Å². The van der Waals surface area contributed by atoms with Gasteiger partial charge in [-0.3, -0.25) is 4.79 Å². The summed E-state index contributed by atoms with van der Waals surface area (Å²) in [6.07, 6.45) is 0.231. The molecule has 0 saturated carbocycles. The number of fused-ring (bicyclic) bond motifs is 3. The minimum atomic E-state index is -0.152. The van der Waals surface area contributed by atoms with Crippen molar-refractivity contribution >= 4 is 33.5 Å². The second-order valence-electron chi connectivity index (χ2n) is 6.61. The zero-order chi connectivity index (χ0) is 19.5. The number of benzene rings is 3. The van der Waals surface area contributed by atoms with E-state index < -0.39 is 0 Å². The topological polar surface area (TPSA) is 60.7 Å². The summed E-state index contributed by atoms with van der Waals surface area (Å²) in [7, 11) is 1.58. The first-order valence-corrected chi connectivity index (χ1v) is 9.12. The van der Waals surface area contributed by atoms with Crippen molar-refractivity contribution in [1.82, 2.24) is 0 Å². The van der Waals surface area contributed by atoms with Gasteiger partial charge in [-0.05, 0) is 31.2 Å². The second kappa shape index (κ2) is 7.64. The number of hydrogen-bond acceptors (Lipinski definition) is 4. The molecule has 1 N–H and O–H groups in total. The molecule has 1 aromatic heterocycles. The van der Waals surface area contributed by atoms with Crippen LogP contribution in [0.4, 0.5) is 5.69 Å². The molecule has 0 saturated heterocycles. The van der Waals surface area contributed by atoms with Crippen molar-refractivity contribution in [3.63, 3.8) is 0 Å². The van der Waals surface area contributed by atoms with E-state index in [0.717, 1.165) is 27.7 Å². The number of nitrogens with one attached hydrogen (secondary N) is 1. The maximum atomic E-state index is 12.4. The van der Waals surface area contributed by atoms with Crippen LogP contribution in [0, 0.1) is 6.92 Å². The van der Waals surface area contributed by atoms with Gasteiger partial charge in [-0.1, -0.05) is 35.9 Å². The summed E-state index contributed by atoms with van der Waals surface area (Å²) >= 11 is 0. The Morgan fingerprint density at radius 3 is 2.57 bits per heavy atom. The van der Waals surface area contributed by atoms with Crippen molar-refractivity contribution in [1.29, 1.82) is 0 Å². The van der Waals surface area contributed by atoms with E-state index in [1.54, 1.807) is 13.2 Å². The third-order valence-electron chi connectivity index (χ3n) is 4.59. The fourth-order valence-electron chi connectivity index (χ4n) is 3.13. The first kappa shape index (κ1) is 17.9. The zero-order valence-corrected chi connectivity index (χ0v) is 15.8. The standard InChI is InChI=1S/C23H21NO4/c1-15-7-9-16(10-8-15)27-12-11-23(25)24-19-14-21-18(13-22(19)26-2)17-5-3-4-6-20(17)28-21/h3-10,13-14H,11-12H2,1-2H3,(H,24,25). The van der Waals surface area contributed by atoms with Crippen LogP contribution in [0.15, 0.2) is 65.1 Å². The lowest BCUT2D eigenvalue weighted by Crippen LogP contribution is -2.15. The van der Waals surface area contributed by atoms with E-state index in [1.165, 1.54) is 0 Å². The van der Waals surface area contributed by atoms with Gasteiger partial charge in [0.2, 0.25) is 5.91 Å². The maximum Gasteiger partial charge on any atom is 0.227 e. The van der Waals surface area contributed by atoms with Gasteiger partial charge in [-0.25, -0.2) is 0 Å². The van der Waals surface area contributed by atoms with Crippen LogP contribution < -0.4 is 14.8 Å². The number of furan rings is 1. The highest BCUT2D eigenvalue weighted by Crippen LogP contribution is 2.36. The number of rotatable bonds is 6. The van der Waals surface area contributed by atoms with Crippen LogP contribution in [-0.2, 0) is 4.79 Å². The molecule has 1 amide bonds. The Morgan fingerprint density at radius 2 is 1.79 bits per heavy atom. The zero-order valence-electron chi connectivity index (χ0n) is 15.8. The Balaban J connectivity index is 1.47. The molecule has 0 radical (unpaired) electrons. The fraction of sp³-hybridized carbons (Fsp3) is 0.174. The average Bonchev–Trinajstić information content (AvgIpc) is 3.06. The first-order chi connectivity index (χ1) is 13.6. The molecule has 0 aliphatic rings. The lowest BCUT2D eigenvalue weighted by Gasteiger charge is -2.11. The summed E-state index contributed by atoms with van der Waals surface area (Å²) in [5, 5.41) is 4.86. The Kier molecular flexibility index (Phi) is 4.89. The van der Waals surface area contributed by atoms with Crippen LogP contribution >= 0.6 is 0 Å². The van der Waals surface area contributed by atoms with Crippen LogP contribution in [0.25, 0.3) is 21.9 Å². The highest BCUT2D eigenvalue weighted by molar-refractivity contribution is 6.07. The van der Waals surface area contributed by atoms with Crippen molar-refractivity contribution < 1.29 is 18.7 Å². The van der Waals surface area contributed by atoms with Gasteiger partial charge in [0, 0.05) is 16.8 Å². The number of carbonyl (C=O) groups is 1. The molecule has 4 rings (SSSR count). The lowest BCUT2D eigenvalue weighted by molar-refractivity contribution is -0.116. The van der Waals surface area contributed by atoms with Gasteiger partial charge in [0.15, 0.2) is 0 Å². The van der Waals surface area contributed by atoms with Crippen molar-refractivity contribution in [2.75, 3.05) is 19.0 Å². The molecule has 5 nitrogen and oxygen atoms in total. The average molecular weight is 375 g/mol. The molecule has 0 fully saturated rings. The van der Waals surface area contributed by atoms with Gasteiger partial charge in [0.05, 0.1) is 25.8 Å². The van der Waals surface area contributed by atoms with E-state index in [0.29, 0.717) is 23.6 Å². The largest absolute Gasteiger partial charge is 0.495 e. The number of ether oxygens (including phenoxy) is 2. The molecule has 142 valence electrons. The summed E-state index contributed by atoms with van der Waals surface area (Å²) in [4.78, 5) is 12.4. The van der Waals surface area contributed by atoms with E-state index in [-0.39, 0.29) is 12.3 Å². The molecule has 0 spiro atoms. The van der Waals surface area contributed by atoms with Gasteiger partial charge in [-0.2, -0.15) is 0 Å². The first-order valence-electron chi connectivity index (χ1n) is 9.12. The van der Waals surface area contributed by atoms with Crippen LogP contribution in [-0.4, -0.2) is 19.6 Å². The van der Waals surface area contributed by atoms with Crippen molar-refractivity contribution in [2.24, 2.45) is 0 Å². The van der Waals surface area contributed by atoms with Gasteiger partial charge in [0.25, 0.3) is 0 Å². The summed E-state index contributed by atoms with van der Waals surface area (Å²) in [6.45, 7) is 2.31. The third kappa shape index (κ3) is 3.64. The molecule has 28 heavy (non-hydrogen) atoms. The minimum Gasteiger partial charge on any atom is -0.495 e. The molecule has 0 aliphatic heterocycles. The number of carbonyl (C=O) groups excluding carboxylic acids is 1. The predicted octanol–water partition coefficient (Wildman–Crippen LogP) is 5.31. The van der Waals surface area contributed by atoms with Crippen molar-refractivity contribution in [3.8, 4) is 11.5 Å². The van der Waals surface area contributed by atoms with E-state index in [4.69, 9.17) is 13.9 Å². The Bertz CT molecular complexity index is 1130. The van der Waals surface area contributed by atoms with Gasteiger partial charge in [-0.15, -0.1) is 0 Å². The highest BCUT2D eigenvalue weighted by Gasteiger charge is 2.14. The van der Waals surface area contributed by atoms with E-state index in [1.807, 2.05) is 61.5 Å². The summed E-state index contributed by atoms with van der Waals surface area (Å²) < 4.78 is 17.0. The van der Waals surface area contributed by atoms with Crippen LogP contribution in [0.2, 0.25) is 0 Å². The van der Waals surface area contributed by atoms with Gasteiger partial charge in [0.1, 0.15) is 22.7 Å². The number of para-hydroxylation sites is 1. The summed E-state index contributed by atoms with van der Waals surface area (Å²) in [5.74, 6) is 1.19. The van der Waals surface area contributed by atoms with Crippen molar-refractivity contribution in [3.05, 3.63) is 66.2 Å². The van der Waals surface area contributed by atoms with E-state index in [9.17, 15) is 4.79 Å². The SMILES string of the molecule is COc1cc2c(cc1NC(=O)CCOc1ccc(C)cc1)oc1ccccc12. The summed E-state index contributed by atoms with van der Waals surface area (Å²) in [6, 6.07) is 19.2. The number of amides is 1. The molecule has 0 aliphatic carbocycles. The van der Waals surface area contributed by atoms with Crippen molar-refractivity contribution in [2.45, 2.75) is 13.3 Å². The molecule has 1 heterocycles. The third-order valence-corrected chi connectivity index (χ3v) is 4.59. The molecule has 4 aromatic rings. The second-order valence-corrected chi connectivity index (χ2v) is 6.61. The minimum absolute atomic E-state index is 0.152. The molecular formula is C23H21NO4. The lowest BCUT2D eigenvalue weighted by atomic mass is 10.1. The maximum absolute atomic E-state index is 12.4. The van der Waals surface area contributed by atoms with Gasteiger partial charge >= 0.3 is 0 Å². The molecular weight excluding hydrogens is 354 g/mol. The van der Waals surface area contributed by atoms with Crippen LogP contribution in [0.5, 0.6) is 11.5 Å². The summed E-state index contributed by atoms with van der Waals surface area (Å²) in [5.41, 5.74) is 3.25. The Morgan fingerprint density at radius 1 is 1.00 bits per heavy atom. The molecule has 0 bridgehead atoms. The fourth-order valence-corrected chi connectivity index (χ4v) is 3.13. The molecule has 3 aromatic carbocycles. The quantitative estimate of drug-likeness (QED) is 0.496. The van der Waals surface area contributed by atoms with Crippen LogP contribution in [0.1, 0.15) is 12.0 Å². The van der Waals surface area contributed by atoms with E-state index >= 15 is 0 Å². The predicted molar refractivity (Wildman–Crippen MR) is 110 cm³/mol. The Hall–Kier alpha value is -3.47. The van der Waals surface area contributed by atoms with Gasteiger partial charge < -0.3 is 19.2 Å². The molecule has 5 heteroatoms. The normalized spacial score (nSPS) is 10.9. The number of hydrogen-bond donors (Lipinski definition) is 1. The van der Waals surface area contributed by atoms with E-state index in [2.05, 4.69) is 5.32 Å². The highest BCUT2D eigenvalue weighted by atomic mass is 16.5. The number of aryl methyl sites for hydroxylation is 1. The molecule has 0 unspecified atom stereocenters. The molecule has 0 atom stereocenters. The number of methoxy groups -OCH3 is 1. The smallest absolute Gasteiger partial charge is 0.227 e. The number of anilines is 1.